The fourth-order valence-electron chi connectivity index (χ4n) is 8.75. The highest BCUT2D eigenvalue weighted by Gasteiger charge is 2.72. The topological polar surface area (TPSA) is 60.8 Å². The van der Waals surface area contributed by atoms with E-state index in [9.17, 15) is 15.0 Å². The molecule has 0 aromatic heterocycles. The van der Waals surface area contributed by atoms with Crippen LogP contribution in [0, 0.1) is 34.0 Å². The Bertz CT molecular complexity index is 649. The lowest BCUT2D eigenvalue weighted by Gasteiger charge is -2.73. The van der Waals surface area contributed by atoms with Crippen LogP contribution in [0.3, 0.4) is 0 Å². The van der Waals surface area contributed by atoms with Crippen LogP contribution in [0.4, 0.5) is 0 Å². The molecule has 6 rings (SSSR count). The molecule has 4 heteroatoms. The van der Waals surface area contributed by atoms with E-state index in [1.54, 1.807) is 0 Å². The molecule has 4 bridgehead atoms. The Hall–Kier alpha value is -0.710. The fourth-order valence-corrected chi connectivity index (χ4v) is 8.75. The van der Waals surface area contributed by atoms with Crippen molar-refractivity contribution in [3.63, 3.8) is 0 Å². The SMILES string of the molecule is C=C1[C@H]2CC[C@@]3([C@H](O)C[C@H]4[C@@]5(C)CCC[C@@]4(CN(CC=O)C5)[C@H]3C2)[C@H]1O. The number of nitrogens with zero attached hydrogens (tertiary/aromatic N) is 1. The first-order valence-corrected chi connectivity index (χ1v) is 10.6. The first-order chi connectivity index (χ1) is 12.4. The van der Waals surface area contributed by atoms with E-state index in [1.165, 1.54) is 19.3 Å². The van der Waals surface area contributed by atoms with Gasteiger partial charge in [-0.3, -0.25) is 4.90 Å². The van der Waals surface area contributed by atoms with Crippen molar-refractivity contribution >= 4 is 6.29 Å². The Morgan fingerprint density at radius 2 is 2.00 bits per heavy atom. The molecule has 4 nitrogen and oxygen atoms in total. The number of piperidine rings is 1. The van der Waals surface area contributed by atoms with E-state index < -0.39 is 17.6 Å². The predicted octanol–water partition coefficient (Wildman–Crippen LogP) is 2.39. The molecule has 0 aromatic carbocycles. The normalized spacial score (nSPS) is 56.0. The molecule has 0 unspecified atom stereocenters. The Morgan fingerprint density at radius 1 is 1.19 bits per heavy atom. The van der Waals surface area contributed by atoms with E-state index in [1.807, 2.05) is 0 Å². The van der Waals surface area contributed by atoms with Gasteiger partial charge in [0.15, 0.2) is 0 Å². The van der Waals surface area contributed by atoms with Gasteiger partial charge in [-0.2, -0.15) is 0 Å². The number of likely N-dealkylation sites (tertiary alicyclic amines) is 1. The minimum Gasteiger partial charge on any atom is -0.392 e. The highest BCUT2D eigenvalue weighted by molar-refractivity contribution is 5.52. The summed E-state index contributed by atoms with van der Waals surface area (Å²) in [6, 6.07) is 0. The number of aliphatic hydroxyl groups is 2. The second-order valence-electron chi connectivity index (χ2n) is 10.5. The lowest BCUT2D eigenvalue weighted by atomic mass is 9.34. The van der Waals surface area contributed by atoms with E-state index in [0.717, 1.165) is 50.6 Å². The largest absolute Gasteiger partial charge is 0.392 e. The van der Waals surface area contributed by atoms with Crippen molar-refractivity contribution in [1.82, 2.24) is 4.90 Å². The van der Waals surface area contributed by atoms with Gasteiger partial charge >= 0.3 is 0 Å². The summed E-state index contributed by atoms with van der Waals surface area (Å²) in [6.07, 6.45) is 7.59. The first kappa shape index (κ1) is 17.4. The van der Waals surface area contributed by atoms with Gasteiger partial charge in [-0.25, -0.2) is 0 Å². The third-order valence-corrected chi connectivity index (χ3v) is 9.61. The van der Waals surface area contributed by atoms with Gasteiger partial charge in [-0.1, -0.05) is 19.9 Å². The lowest BCUT2D eigenvalue weighted by molar-refractivity contribution is -0.275. The summed E-state index contributed by atoms with van der Waals surface area (Å²) in [6.45, 7) is 9.08. The van der Waals surface area contributed by atoms with Gasteiger partial charge in [0.25, 0.3) is 0 Å². The summed E-state index contributed by atoms with van der Waals surface area (Å²) in [5.41, 5.74) is 0.903. The predicted molar refractivity (Wildman–Crippen MR) is 99.4 cm³/mol. The van der Waals surface area contributed by atoms with Gasteiger partial charge in [-0.15, -0.1) is 0 Å². The third-order valence-electron chi connectivity index (χ3n) is 9.61. The number of fused-ring (bicyclic) bond motifs is 2. The number of carbonyl (C=O) groups excluding carboxylic acids is 1. The molecule has 144 valence electrons. The maximum atomic E-state index is 11.4. The van der Waals surface area contributed by atoms with Crippen LogP contribution in [0.1, 0.15) is 51.9 Å². The highest BCUT2D eigenvalue weighted by Crippen LogP contribution is 2.73. The molecule has 2 N–H and O–H groups in total. The molecule has 6 fully saturated rings. The monoisotopic (exact) mass is 359 g/mol. The molecule has 1 saturated heterocycles. The average Bonchev–Trinajstić information content (AvgIpc) is 2.60. The number of hydrogen-bond acceptors (Lipinski definition) is 4. The van der Waals surface area contributed by atoms with Crippen LogP contribution in [0.2, 0.25) is 0 Å². The molecule has 0 amide bonds. The van der Waals surface area contributed by atoms with Crippen LogP contribution in [0.25, 0.3) is 0 Å². The van der Waals surface area contributed by atoms with Crippen LogP contribution in [-0.2, 0) is 4.79 Å². The molecule has 5 aliphatic carbocycles. The van der Waals surface area contributed by atoms with Gasteiger partial charge in [0.1, 0.15) is 6.29 Å². The van der Waals surface area contributed by atoms with E-state index in [0.29, 0.717) is 24.3 Å². The van der Waals surface area contributed by atoms with Gasteiger partial charge in [0, 0.05) is 18.5 Å². The van der Waals surface area contributed by atoms with Gasteiger partial charge in [-0.05, 0) is 72.7 Å². The minimum absolute atomic E-state index is 0.147. The Labute approximate surface area is 156 Å². The van der Waals surface area contributed by atoms with Crippen molar-refractivity contribution in [2.45, 2.75) is 64.1 Å². The fraction of sp³-hybridized carbons (Fsp3) is 0.864. The summed E-state index contributed by atoms with van der Waals surface area (Å²) in [5, 5.41) is 22.6. The Morgan fingerprint density at radius 3 is 2.77 bits per heavy atom. The second-order valence-corrected chi connectivity index (χ2v) is 10.5. The third kappa shape index (κ3) is 1.89. The van der Waals surface area contributed by atoms with E-state index in [-0.39, 0.29) is 10.8 Å². The standard InChI is InChI=1S/C22H33NO3/c1-14-15-4-7-22(19(14)26)17(10-15)21-6-3-5-20(2,16(21)11-18(22)25)12-23(13-21)8-9-24/h9,15-19,25-26H,1,3-8,10-13H2,2H3/t15-,16-,17+,18+,19-,20-,21-,22+/m0/s1. The molecule has 0 radical (unpaired) electrons. The molecule has 1 heterocycles. The van der Waals surface area contributed by atoms with Crippen LogP contribution in [-0.4, -0.2) is 53.2 Å². The average molecular weight is 360 g/mol. The summed E-state index contributed by atoms with van der Waals surface area (Å²) in [7, 11) is 0. The van der Waals surface area contributed by atoms with Gasteiger partial charge < -0.3 is 15.0 Å². The Kier molecular flexibility index (Phi) is 3.63. The Balaban J connectivity index is 1.64. The molecule has 8 atom stereocenters. The quantitative estimate of drug-likeness (QED) is 0.587. The van der Waals surface area contributed by atoms with E-state index in [2.05, 4.69) is 18.4 Å². The van der Waals surface area contributed by atoms with Crippen molar-refractivity contribution < 1.29 is 15.0 Å². The number of carbonyl (C=O) groups is 1. The summed E-state index contributed by atoms with van der Waals surface area (Å²) in [5.74, 6) is 1.28. The van der Waals surface area contributed by atoms with Crippen molar-refractivity contribution in [2.75, 3.05) is 19.6 Å². The summed E-state index contributed by atoms with van der Waals surface area (Å²) in [4.78, 5) is 13.7. The van der Waals surface area contributed by atoms with Gasteiger partial charge in [0.2, 0.25) is 0 Å². The molecule has 1 aliphatic heterocycles. The van der Waals surface area contributed by atoms with Crippen molar-refractivity contribution in [3.05, 3.63) is 12.2 Å². The highest BCUT2D eigenvalue weighted by atomic mass is 16.3. The van der Waals surface area contributed by atoms with Crippen LogP contribution in [0.15, 0.2) is 12.2 Å². The number of aldehydes is 1. The minimum atomic E-state index is -0.556. The van der Waals surface area contributed by atoms with Gasteiger partial charge in [0.05, 0.1) is 18.8 Å². The molecule has 5 saturated carbocycles. The van der Waals surface area contributed by atoms with Crippen LogP contribution >= 0.6 is 0 Å². The zero-order chi connectivity index (χ0) is 18.3. The molecule has 1 spiro atoms. The van der Waals surface area contributed by atoms with Crippen LogP contribution in [0.5, 0.6) is 0 Å². The van der Waals surface area contributed by atoms with E-state index >= 15 is 0 Å². The molecule has 6 aliphatic rings. The smallest absolute Gasteiger partial charge is 0.133 e. The maximum Gasteiger partial charge on any atom is 0.133 e. The van der Waals surface area contributed by atoms with Crippen molar-refractivity contribution in [3.8, 4) is 0 Å². The molecule has 0 aromatic rings. The number of aliphatic hydroxyl groups excluding tert-OH is 2. The molecular formula is C22H33NO3. The molecule has 26 heavy (non-hydrogen) atoms. The summed E-state index contributed by atoms with van der Waals surface area (Å²) >= 11 is 0. The number of hydrogen-bond donors (Lipinski definition) is 2. The van der Waals surface area contributed by atoms with E-state index in [4.69, 9.17) is 0 Å². The van der Waals surface area contributed by atoms with Crippen molar-refractivity contribution in [1.29, 1.82) is 0 Å². The van der Waals surface area contributed by atoms with Crippen LogP contribution < -0.4 is 0 Å². The first-order valence-electron chi connectivity index (χ1n) is 10.6. The maximum absolute atomic E-state index is 11.4. The lowest BCUT2D eigenvalue weighted by Crippen LogP contribution is -2.74. The summed E-state index contributed by atoms with van der Waals surface area (Å²) < 4.78 is 0. The second kappa shape index (κ2) is 5.42. The van der Waals surface area contributed by atoms with Crippen molar-refractivity contribution in [2.24, 2.45) is 34.0 Å². The molecular weight excluding hydrogens is 326 g/mol. The zero-order valence-corrected chi connectivity index (χ0v) is 16.0. The number of rotatable bonds is 2. The zero-order valence-electron chi connectivity index (χ0n) is 16.0.